The van der Waals surface area contributed by atoms with Gasteiger partial charge in [0.05, 0.1) is 26.9 Å². The molecular formula is C16H13Cl2N3O3S. The zero-order valence-electron chi connectivity index (χ0n) is 13.3. The highest BCUT2D eigenvalue weighted by molar-refractivity contribution is 8.00. The molecule has 6 nitrogen and oxygen atoms in total. The van der Waals surface area contributed by atoms with E-state index in [-0.39, 0.29) is 22.9 Å². The van der Waals surface area contributed by atoms with Gasteiger partial charge in [-0.25, -0.2) is 5.10 Å². The molecule has 3 aromatic rings. The highest BCUT2D eigenvalue weighted by atomic mass is 35.5. The topological polar surface area (TPSA) is 88.0 Å². The summed E-state index contributed by atoms with van der Waals surface area (Å²) in [6, 6.07) is 5.13. The molecule has 0 aliphatic rings. The van der Waals surface area contributed by atoms with Crippen LogP contribution in [0.15, 0.2) is 32.3 Å². The van der Waals surface area contributed by atoms with E-state index in [2.05, 4.69) is 15.5 Å². The van der Waals surface area contributed by atoms with Crippen molar-refractivity contribution in [3.63, 3.8) is 0 Å². The number of aromatic nitrogens is 2. The average molecular weight is 398 g/mol. The second-order valence-corrected chi connectivity index (χ2v) is 7.06. The van der Waals surface area contributed by atoms with Gasteiger partial charge in [-0.2, -0.15) is 5.10 Å². The standard InChI is InChI=1S/C16H13Cl2N3O3S/c1-7-12-8(2)24-16(13(12)15(23)21-20-7)19-11(22)6-25-14-9(17)4-3-5-10(14)18/h3-5H,6H2,1-2H3,(H,19,22)(H,21,23). The van der Waals surface area contributed by atoms with E-state index in [1.165, 1.54) is 11.8 Å². The number of nitrogens with zero attached hydrogens (tertiary/aromatic N) is 1. The molecule has 1 amide bonds. The van der Waals surface area contributed by atoms with Crippen molar-refractivity contribution in [3.8, 4) is 0 Å². The average Bonchev–Trinajstić information content (AvgIpc) is 2.88. The van der Waals surface area contributed by atoms with Crippen molar-refractivity contribution in [1.82, 2.24) is 10.2 Å². The van der Waals surface area contributed by atoms with E-state index < -0.39 is 5.56 Å². The van der Waals surface area contributed by atoms with Gasteiger partial charge in [0, 0.05) is 4.90 Å². The van der Waals surface area contributed by atoms with Crippen LogP contribution in [0.3, 0.4) is 0 Å². The Labute approximate surface area is 156 Å². The third-order valence-corrected chi connectivity index (χ3v) is 5.51. The fourth-order valence-corrected chi connectivity index (χ4v) is 3.94. The predicted molar refractivity (Wildman–Crippen MR) is 99.9 cm³/mol. The summed E-state index contributed by atoms with van der Waals surface area (Å²) >= 11 is 13.4. The summed E-state index contributed by atoms with van der Waals surface area (Å²) in [5.74, 6) is 0.343. The molecule has 0 atom stereocenters. The summed E-state index contributed by atoms with van der Waals surface area (Å²) in [5, 5.41) is 10.7. The van der Waals surface area contributed by atoms with E-state index in [1.807, 2.05) is 0 Å². The Bertz CT molecular complexity index is 1010. The number of thioether (sulfide) groups is 1. The summed E-state index contributed by atoms with van der Waals surface area (Å²) in [5.41, 5.74) is 0.197. The van der Waals surface area contributed by atoms with E-state index >= 15 is 0 Å². The molecule has 0 fully saturated rings. The Morgan fingerprint density at radius 2 is 1.96 bits per heavy atom. The largest absolute Gasteiger partial charge is 0.444 e. The van der Waals surface area contributed by atoms with Crippen LogP contribution < -0.4 is 10.9 Å². The Hall–Kier alpha value is -1.96. The van der Waals surface area contributed by atoms with Gasteiger partial charge in [0.15, 0.2) is 0 Å². The molecule has 9 heteroatoms. The summed E-state index contributed by atoms with van der Waals surface area (Å²) in [4.78, 5) is 24.9. The number of halogens is 2. The molecular weight excluding hydrogens is 385 g/mol. The van der Waals surface area contributed by atoms with Crippen LogP contribution in [0.2, 0.25) is 10.0 Å². The number of aryl methyl sites for hydroxylation is 2. The number of hydrogen-bond acceptors (Lipinski definition) is 5. The third-order valence-electron chi connectivity index (χ3n) is 3.52. The predicted octanol–water partition coefficient (Wildman–Crippen LogP) is 4.17. The molecule has 0 spiro atoms. The zero-order valence-corrected chi connectivity index (χ0v) is 15.6. The van der Waals surface area contributed by atoms with E-state index in [4.69, 9.17) is 27.6 Å². The maximum Gasteiger partial charge on any atom is 0.277 e. The molecule has 2 aromatic heterocycles. The van der Waals surface area contributed by atoms with Crippen molar-refractivity contribution in [3.05, 3.63) is 50.1 Å². The van der Waals surface area contributed by atoms with Crippen LogP contribution in [-0.4, -0.2) is 21.9 Å². The van der Waals surface area contributed by atoms with Gasteiger partial charge in [0.1, 0.15) is 11.1 Å². The second-order valence-electron chi connectivity index (χ2n) is 5.26. The number of carbonyl (C=O) groups is 1. The minimum atomic E-state index is -0.422. The van der Waals surface area contributed by atoms with Gasteiger partial charge in [-0.05, 0) is 26.0 Å². The molecule has 3 rings (SSSR count). The van der Waals surface area contributed by atoms with Crippen LogP contribution >= 0.6 is 35.0 Å². The molecule has 25 heavy (non-hydrogen) atoms. The zero-order chi connectivity index (χ0) is 18.1. The van der Waals surface area contributed by atoms with Crippen LogP contribution in [0.1, 0.15) is 11.5 Å². The van der Waals surface area contributed by atoms with E-state index in [0.29, 0.717) is 31.8 Å². The van der Waals surface area contributed by atoms with Crippen LogP contribution in [0.4, 0.5) is 5.88 Å². The van der Waals surface area contributed by atoms with Crippen LogP contribution in [0, 0.1) is 13.8 Å². The molecule has 0 aliphatic carbocycles. The number of furan rings is 1. The quantitative estimate of drug-likeness (QED) is 0.644. The normalized spacial score (nSPS) is 11.0. The number of hydrogen-bond donors (Lipinski definition) is 2. The van der Waals surface area contributed by atoms with Crippen molar-refractivity contribution < 1.29 is 9.21 Å². The summed E-state index contributed by atoms with van der Waals surface area (Å²) < 4.78 is 5.54. The molecule has 0 radical (unpaired) electrons. The van der Waals surface area contributed by atoms with Crippen molar-refractivity contribution >= 4 is 57.5 Å². The van der Waals surface area contributed by atoms with Crippen LogP contribution in [-0.2, 0) is 4.79 Å². The lowest BCUT2D eigenvalue weighted by atomic mass is 10.2. The number of nitrogens with one attached hydrogen (secondary N) is 2. The lowest BCUT2D eigenvalue weighted by molar-refractivity contribution is -0.113. The van der Waals surface area contributed by atoms with Gasteiger partial charge in [-0.1, -0.05) is 29.3 Å². The van der Waals surface area contributed by atoms with E-state index in [9.17, 15) is 9.59 Å². The highest BCUT2D eigenvalue weighted by Gasteiger charge is 2.19. The lowest BCUT2D eigenvalue weighted by Crippen LogP contribution is -2.16. The SMILES string of the molecule is Cc1n[nH]c(=O)c2c(NC(=O)CSc3c(Cl)cccc3Cl)oc(C)c12. The summed E-state index contributed by atoms with van der Waals surface area (Å²) in [6.07, 6.45) is 0. The third kappa shape index (κ3) is 3.53. The first kappa shape index (κ1) is 17.8. The maximum atomic E-state index is 12.3. The van der Waals surface area contributed by atoms with E-state index in [1.54, 1.807) is 32.0 Å². The number of amides is 1. The molecule has 130 valence electrons. The van der Waals surface area contributed by atoms with Gasteiger partial charge < -0.3 is 4.42 Å². The molecule has 2 heterocycles. The molecule has 0 unspecified atom stereocenters. The van der Waals surface area contributed by atoms with Crippen LogP contribution in [0.25, 0.3) is 10.8 Å². The molecule has 1 aromatic carbocycles. The highest BCUT2D eigenvalue weighted by Crippen LogP contribution is 2.34. The maximum absolute atomic E-state index is 12.3. The number of H-pyrrole nitrogens is 1. The molecule has 0 aliphatic heterocycles. The Kier molecular flexibility index (Phi) is 5.08. The van der Waals surface area contributed by atoms with Gasteiger partial charge >= 0.3 is 0 Å². The van der Waals surface area contributed by atoms with E-state index in [0.717, 1.165) is 0 Å². The lowest BCUT2D eigenvalue weighted by Gasteiger charge is -2.06. The summed E-state index contributed by atoms with van der Waals surface area (Å²) in [6.45, 7) is 3.46. The number of carbonyl (C=O) groups excluding carboxylic acids is 1. The number of anilines is 1. The Morgan fingerprint density at radius 3 is 2.64 bits per heavy atom. The van der Waals surface area contributed by atoms with Gasteiger partial charge in [-0.15, -0.1) is 11.8 Å². The fraction of sp³-hybridized carbons (Fsp3) is 0.188. The minimum Gasteiger partial charge on any atom is -0.444 e. The first-order valence-electron chi connectivity index (χ1n) is 7.23. The Balaban J connectivity index is 1.81. The number of benzene rings is 1. The van der Waals surface area contributed by atoms with Gasteiger partial charge in [0.2, 0.25) is 11.8 Å². The van der Waals surface area contributed by atoms with Crippen molar-refractivity contribution in [1.29, 1.82) is 0 Å². The minimum absolute atomic E-state index is 0.0622. The second kappa shape index (κ2) is 7.11. The summed E-state index contributed by atoms with van der Waals surface area (Å²) in [7, 11) is 0. The van der Waals surface area contributed by atoms with Gasteiger partial charge in [-0.3, -0.25) is 14.9 Å². The first-order valence-corrected chi connectivity index (χ1v) is 8.97. The molecule has 0 saturated carbocycles. The van der Waals surface area contributed by atoms with Crippen molar-refractivity contribution in [2.45, 2.75) is 18.7 Å². The number of aromatic amines is 1. The van der Waals surface area contributed by atoms with Crippen molar-refractivity contribution in [2.24, 2.45) is 0 Å². The number of rotatable bonds is 4. The molecule has 0 saturated heterocycles. The number of fused-ring (bicyclic) bond motifs is 1. The van der Waals surface area contributed by atoms with Crippen molar-refractivity contribution in [2.75, 3.05) is 11.1 Å². The molecule has 2 N–H and O–H groups in total. The molecule has 0 bridgehead atoms. The van der Waals surface area contributed by atoms with Crippen LogP contribution in [0.5, 0.6) is 0 Å². The smallest absolute Gasteiger partial charge is 0.277 e. The fourth-order valence-electron chi connectivity index (χ4n) is 2.45. The monoisotopic (exact) mass is 397 g/mol. The Morgan fingerprint density at radius 1 is 1.28 bits per heavy atom. The van der Waals surface area contributed by atoms with Gasteiger partial charge in [0.25, 0.3) is 5.56 Å². The first-order chi connectivity index (χ1) is 11.9.